The Morgan fingerprint density at radius 2 is 2.46 bits per heavy atom. The molecule has 1 aromatic rings. The highest BCUT2D eigenvalue weighted by Gasteiger charge is 2.01. The number of aryl methyl sites for hydroxylation is 1. The smallest absolute Gasteiger partial charge is 0.0764 e. The third kappa shape index (κ3) is 3.26. The Kier molecular flexibility index (Phi) is 3.47. The van der Waals surface area contributed by atoms with Crippen LogP contribution in [0.2, 0.25) is 0 Å². The summed E-state index contributed by atoms with van der Waals surface area (Å²) in [5.74, 6) is 0. The predicted molar refractivity (Wildman–Crippen MR) is 49.8 cm³/mol. The molecule has 0 saturated carbocycles. The van der Waals surface area contributed by atoms with Gasteiger partial charge in [-0.05, 0) is 13.1 Å². The molecule has 0 amide bonds. The molecular weight excluding hydrogens is 164 g/mol. The van der Waals surface area contributed by atoms with Crippen LogP contribution >= 0.6 is 0 Å². The lowest BCUT2D eigenvalue weighted by molar-refractivity contribution is 0.329. The van der Waals surface area contributed by atoms with Gasteiger partial charge in [-0.2, -0.15) is 10.4 Å². The minimum Gasteiger partial charge on any atom is -0.299 e. The average Bonchev–Trinajstić information content (AvgIpc) is 2.48. The van der Waals surface area contributed by atoms with Crippen LogP contribution in [-0.4, -0.2) is 28.3 Å². The zero-order valence-electron chi connectivity index (χ0n) is 8.06. The number of hydrogen-bond acceptors (Lipinski definition) is 3. The molecular formula is C9H14N4. The van der Waals surface area contributed by atoms with Crippen molar-refractivity contribution in [3.8, 4) is 6.07 Å². The highest BCUT2D eigenvalue weighted by Crippen LogP contribution is 1.99. The van der Waals surface area contributed by atoms with Gasteiger partial charge in [-0.15, -0.1) is 0 Å². The van der Waals surface area contributed by atoms with E-state index < -0.39 is 0 Å². The van der Waals surface area contributed by atoms with Gasteiger partial charge in [0.1, 0.15) is 0 Å². The van der Waals surface area contributed by atoms with Gasteiger partial charge in [0.15, 0.2) is 0 Å². The quantitative estimate of drug-likeness (QED) is 0.684. The van der Waals surface area contributed by atoms with Crippen LogP contribution in [0.4, 0.5) is 0 Å². The number of rotatable bonds is 4. The molecule has 70 valence electrons. The maximum absolute atomic E-state index is 8.39. The Labute approximate surface area is 78.4 Å². The van der Waals surface area contributed by atoms with Gasteiger partial charge in [-0.3, -0.25) is 9.58 Å². The molecule has 0 fully saturated rings. The van der Waals surface area contributed by atoms with Crippen molar-refractivity contribution in [3.05, 3.63) is 18.0 Å². The van der Waals surface area contributed by atoms with Crippen LogP contribution in [0, 0.1) is 11.3 Å². The molecule has 1 rings (SSSR count). The third-order valence-corrected chi connectivity index (χ3v) is 1.81. The van der Waals surface area contributed by atoms with Gasteiger partial charge in [-0.25, -0.2) is 0 Å². The molecule has 0 aliphatic rings. The van der Waals surface area contributed by atoms with Gasteiger partial charge in [0.05, 0.1) is 11.8 Å². The standard InChI is InChI=1S/C9H14N4/c1-12(6-3-5-10)8-9-4-7-13(2)11-9/h4,7H,3,6,8H2,1-2H3. The van der Waals surface area contributed by atoms with Crippen LogP contribution in [0.5, 0.6) is 0 Å². The van der Waals surface area contributed by atoms with E-state index in [-0.39, 0.29) is 0 Å². The van der Waals surface area contributed by atoms with Crippen molar-refractivity contribution < 1.29 is 0 Å². The van der Waals surface area contributed by atoms with Crippen LogP contribution < -0.4 is 0 Å². The first-order valence-corrected chi connectivity index (χ1v) is 4.26. The van der Waals surface area contributed by atoms with E-state index in [0.717, 1.165) is 18.8 Å². The molecule has 0 unspecified atom stereocenters. The van der Waals surface area contributed by atoms with Crippen molar-refractivity contribution in [2.45, 2.75) is 13.0 Å². The van der Waals surface area contributed by atoms with E-state index in [1.807, 2.05) is 26.4 Å². The second kappa shape index (κ2) is 4.63. The molecule has 0 spiro atoms. The SMILES string of the molecule is CN(CCC#N)Cc1ccn(C)n1. The lowest BCUT2D eigenvalue weighted by Gasteiger charge is -2.12. The van der Waals surface area contributed by atoms with Crippen LogP contribution in [0.15, 0.2) is 12.3 Å². The highest BCUT2D eigenvalue weighted by atomic mass is 15.3. The average molecular weight is 178 g/mol. The number of nitrogens with zero attached hydrogens (tertiary/aromatic N) is 4. The van der Waals surface area contributed by atoms with Crippen LogP contribution in [-0.2, 0) is 13.6 Å². The second-order valence-electron chi connectivity index (χ2n) is 3.13. The highest BCUT2D eigenvalue weighted by molar-refractivity contribution is 4.98. The summed E-state index contributed by atoms with van der Waals surface area (Å²) in [4.78, 5) is 2.09. The van der Waals surface area contributed by atoms with Crippen molar-refractivity contribution in [3.63, 3.8) is 0 Å². The minimum absolute atomic E-state index is 0.573. The van der Waals surface area contributed by atoms with Gasteiger partial charge in [0, 0.05) is 32.8 Å². The number of aromatic nitrogens is 2. The minimum atomic E-state index is 0.573. The molecule has 1 heterocycles. The Hall–Kier alpha value is -1.34. The van der Waals surface area contributed by atoms with Gasteiger partial charge in [-0.1, -0.05) is 0 Å². The largest absolute Gasteiger partial charge is 0.299 e. The van der Waals surface area contributed by atoms with E-state index in [4.69, 9.17) is 5.26 Å². The fourth-order valence-electron chi connectivity index (χ4n) is 1.14. The topological polar surface area (TPSA) is 44.9 Å². The third-order valence-electron chi connectivity index (χ3n) is 1.81. The summed E-state index contributed by atoms with van der Waals surface area (Å²) in [6, 6.07) is 4.11. The lowest BCUT2D eigenvalue weighted by atomic mass is 10.3. The molecule has 0 saturated heterocycles. The first-order chi connectivity index (χ1) is 6.22. The monoisotopic (exact) mass is 178 g/mol. The van der Waals surface area contributed by atoms with Crippen LogP contribution in [0.1, 0.15) is 12.1 Å². The fraction of sp³-hybridized carbons (Fsp3) is 0.556. The summed E-state index contributed by atoms with van der Waals surface area (Å²) >= 11 is 0. The molecule has 1 aromatic heterocycles. The fourth-order valence-corrected chi connectivity index (χ4v) is 1.14. The lowest BCUT2D eigenvalue weighted by Crippen LogP contribution is -2.19. The van der Waals surface area contributed by atoms with Crippen LogP contribution in [0.3, 0.4) is 0 Å². The first kappa shape index (κ1) is 9.75. The maximum Gasteiger partial charge on any atom is 0.0764 e. The molecule has 13 heavy (non-hydrogen) atoms. The Morgan fingerprint density at radius 1 is 1.69 bits per heavy atom. The van der Waals surface area contributed by atoms with Crippen molar-refractivity contribution >= 4 is 0 Å². The summed E-state index contributed by atoms with van der Waals surface area (Å²) < 4.78 is 1.79. The Balaban J connectivity index is 2.37. The normalized spacial score (nSPS) is 10.3. The van der Waals surface area contributed by atoms with Gasteiger partial charge >= 0.3 is 0 Å². The van der Waals surface area contributed by atoms with E-state index in [9.17, 15) is 0 Å². The number of nitriles is 1. The van der Waals surface area contributed by atoms with Crippen molar-refractivity contribution in [1.29, 1.82) is 5.26 Å². The van der Waals surface area contributed by atoms with E-state index in [2.05, 4.69) is 16.1 Å². The predicted octanol–water partition coefficient (Wildman–Crippen LogP) is 0.766. The molecule has 4 heteroatoms. The zero-order chi connectivity index (χ0) is 9.68. The van der Waals surface area contributed by atoms with Crippen LogP contribution in [0.25, 0.3) is 0 Å². The molecule has 4 nitrogen and oxygen atoms in total. The van der Waals surface area contributed by atoms with E-state index >= 15 is 0 Å². The van der Waals surface area contributed by atoms with Gasteiger partial charge < -0.3 is 0 Å². The maximum atomic E-state index is 8.39. The van der Waals surface area contributed by atoms with E-state index in [1.165, 1.54) is 0 Å². The molecule has 0 aliphatic heterocycles. The summed E-state index contributed by atoms with van der Waals surface area (Å²) in [6.45, 7) is 1.61. The number of hydrogen-bond donors (Lipinski definition) is 0. The summed E-state index contributed by atoms with van der Waals surface area (Å²) in [7, 11) is 3.89. The Morgan fingerprint density at radius 3 is 3.00 bits per heavy atom. The molecule has 0 aromatic carbocycles. The first-order valence-electron chi connectivity index (χ1n) is 4.26. The molecule has 0 bridgehead atoms. The summed E-state index contributed by atoms with van der Waals surface area (Å²) in [5, 5.41) is 12.6. The summed E-state index contributed by atoms with van der Waals surface area (Å²) in [5.41, 5.74) is 1.04. The summed E-state index contributed by atoms with van der Waals surface area (Å²) in [6.07, 6.45) is 2.50. The zero-order valence-corrected chi connectivity index (χ0v) is 8.06. The van der Waals surface area contributed by atoms with Crippen molar-refractivity contribution in [2.75, 3.05) is 13.6 Å². The Bertz CT molecular complexity index is 297. The molecule has 0 N–H and O–H groups in total. The second-order valence-corrected chi connectivity index (χ2v) is 3.13. The van der Waals surface area contributed by atoms with Gasteiger partial charge in [0.25, 0.3) is 0 Å². The molecule has 0 atom stereocenters. The van der Waals surface area contributed by atoms with E-state index in [1.54, 1.807) is 4.68 Å². The molecule has 0 aliphatic carbocycles. The van der Waals surface area contributed by atoms with Crippen molar-refractivity contribution in [1.82, 2.24) is 14.7 Å². The van der Waals surface area contributed by atoms with E-state index in [0.29, 0.717) is 6.42 Å². The molecule has 0 radical (unpaired) electrons. The van der Waals surface area contributed by atoms with Gasteiger partial charge in [0.2, 0.25) is 0 Å². The van der Waals surface area contributed by atoms with Crippen molar-refractivity contribution in [2.24, 2.45) is 7.05 Å².